The Balaban J connectivity index is 2.19. The van der Waals surface area contributed by atoms with Gasteiger partial charge in [-0.1, -0.05) is 12.1 Å². The molecule has 0 fully saturated rings. The van der Waals surface area contributed by atoms with Crippen molar-refractivity contribution in [2.45, 2.75) is 32.8 Å². The van der Waals surface area contributed by atoms with Gasteiger partial charge in [-0.2, -0.15) is 0 Å². The summed E-state index contributed by atoms with van der Waals surface area (Å²) in [6.07, 6.45) is 0.783. The van der Waals surface area contributed by atoms with Crippen LogP contribution in [0.5, 0.6) is 5.75 Å². The molecule has 0 aliphatic carbocycles. The Kier molecular flexibility index (Phi) is 3.92. The third-order valence-corrected chi connectivity index (χ3v) is 4.38. The molecule has 0 amide bonds. The second-order valence-electron chi connectivity index (χ2n) is 5.11. The number of rotatable bonds is 4. The lowest BCUT2D eigenvalue weighted by molar-refractivity contribution is 0.0817. The molecule has 0 spiro atoms. The van der Waals surface area contributed by atoms with Crippen LogP contribution >= 0.6 is 11.3 Å². The Bertz CT molecular complexity index is 553. The summed E-state index contributed by atoms with van der Waals surface area (Å²) in [5.74, 6) is 0.858. The van der Waals surface area contributed by atoms with Gasteiger partial charge in [0, 0.05) is 6.42 Å². The van der Waals surface area contributed by atoms with Gasteiger partial charge < -0.3 is 9.84 Å². The lowest BCUT2D eigenvalue weighted by Gasteiger charge is -2.14. The fourth-order valence-electron chi connectivity index (χ4n) is 2.01. The molecule has 0 aliphatic rings. The van der Waals surface area contributed by atoms with Gasteiger partial charge >= 0.3 is 0 Å². The summed E-state index contributed by atoms with van der Waals surface area (Å²) in [4.78, 5) is 5.48. The van der Waals surface area contributed by atoms with E-state index >= 15 is 0 Å². The molecule has 0 unspecified atom stereocenters. The molecule has 2 aromatic rings. The van der Waals surface area contributed by atoms with E-state index in [0.717, 1.165) is 27.7 Å². The molecular weight excluding hydrogens is 258 g/mol. The van der Waals surface area contributed by atoms with Crippen molar-refractivity contribution in [1.82, 2.24) is 4.98 Å². The van der Waals surface area contributed by atoms with Crippen LogP contribution in [0, 0.1) is 6.92 Å². The Morgan fingerprint density at radius 3 is 2.37 bits per heavy atom. The number of ether oxygens (including phenoxy) is 1. The summed E-state index contributed by atoms with van der Waals surface area (Å²) in [5, 5.41) is 11.1. The van der Waals surface area contributed by atoms with Crippen molar-refractivity contribution in [3.8, 4) is 5.75 Å². The van der Waals surface area contributed by atoms with Crippen molar-refractivity contribution in [3.63, 3.8) is 0 Å². The highest BCUT2D eigenvalue weighted by Crippen LogP contribution is 2.30. The summed E-state index contributed by atoms with van der Waals surface area (Å²) in [6.45, 7) is 5.54. The van der Waals surface area contributed by atoms with Crippen LogP contribution in [0.4, 0.5) is 0 Å². The molecule has 1 N–H and O–H groups in total. The van der Waals surface area contributed by atoms with Gasteiger partial charge in [-0.25, -0.2) is 4.98 Å². The summed E-state index contributed by atoms with van der Waals surface area (Å²) in [6, 6.07) is 7.98. The minimum Gasteiger partial charge on any atom is -0.497 e. The molecule has 102 valence electrons. The molecule has 1 aromatic carbocycles. The molecule has 0 saturated carbocycles. The van der Waals surface area contributed by atoms with E-state index in [1.807, 2.05) is 31.2 Å². The molecule has 0 atom stereocenters. The van der Waals surface area contributed by atoms with E-state index in [0.29, 0.717) is 0 Å². The summed E-state index contributed by atoms with van der Waals surface area (Å²) >= 11 is 1.58. The first-order valence-corrected chi connectivity index (χ1v) is 7.04. The Morgan fingerprint density at radius 1 is 1.26 bits per heavy atom. The Labute approximate surface area is 117 Å². The van der Waals surface area contributed by atoms with E-state index in [4.69, 9.17) is 4.74 Å². The van der Waals surface area contributed by atoms with E-state index in [2.05, 4.69) is 4.98 Å². The zero-order chi connectivity index (χ0) is 14.0. The fourth-order valence-corrected chi connectivity index (χ4v) is 3.11. The lowest BCUT2D eigenvalue weighted by atomic mass is 10.1. The number of aromatic nitrogens is 1. The van der Waals surface area contributed by atoms with Gasteiger partial charge in [0.05, 0.1) is 28.3 Å². The normalized spacial score (nSPS) is 11.6. The number of nitrogens with zero attached hydrogens (tertiary/aromatic N) is 1. The van der Waals surface area contributed by atoms with Crippen molar-refractivity contribution >= 4 is 11.3 Å². The van der Waals surface area contributed by atoms with Crippen molar-refractivity contribution < 1.29 is 9.84 Å². The molecule has 0 bridgehead atoms. The zero-order valence-electron chi connectivity index (χ0n) is 11.7. The maximum absolute atomic E-state index is 10.1. The van der Waals surface area contributed by atoms with Crippen LogP contribution in [0.15, 0.2) is 24.3 Å². The highest BCUT2D eigenvalue weighted by molar-refractivity contribution is 7.11. The van der Waals surface area contributed by atoms with Crippen LogP contribution in [0.2, 0.25) is 0 Å². The quantitative estimate of drug-likeness (QED) is 0.932. The van der Waals surface area contributed by atoms with E-state index in [9.17, 15) is 5.11 Å². The highest BCUT2D eigenvalue weighted by Gasteiger charge is 2.22. The summed E-state index contributed by atoms with van der Waals surface area (Å²) in [5.41, 5.74) is 1.29. The Morgan fingerprint density at radius 2 is 1.89 bits per heavy atom. The van der Waals surface area contributed by atoms with Crippen molar-refractivity contribution in [2.75, 3.05) is 7.11 Å². The SMILES string of the molecule is COc1ccc(Cc2nc(C)c(C(C)(C)O)s2)cc1. The molecule has 3 nitrogen and oxygen atoms in total. The van der Waals surface area contributed by atoms with Gasteiger partial charge in [0.15, 0.2) is 0 Å². The lowest BCUT2D eigenvalue weighted by Crippen LogP contribution is -2.14. The molecule has 0 saturated heterocycles. The maximum atomic E-state index is 10.1. The number of hydrogen-bond acceptors (Lipinski definition) is 4. The largest absolute Gasteiger partial charge is 0.497 e. The third kappa shape index (κ3) is 3.33. The Hall–Kier alpha value is -1.39. The average molecular weight is 277 g/mol. The predicted molar refractivity (Wildman–Crippen MR) is 77.9 cm³/mol. The summed E-state index contributed by atoms with van der Waals surface area (Å²) < 4.78 is 5.14. The van der Waals surface area contributed by atoms with Gasteiger partial charge in [-0.3, -0.25) is 0 Å². The zero-order valence-corrected chi connectivity index (χ0v) is 12.5. The number of aliphatic hydroxyl groups is 1. The molecule has 0 aliphatic heterocycles. The summed E-state index contributed by atoms with van der Waals surface area (Å²) in [7, 11) is 1.66. The first-order chi connectivity index (χ1) is 8.90. The minimum atomic E-state index is -0.820. The van der Waals surface area contributed by atoms with Crippen LogP contribution in [0.3, 0.4) is 0 Å². The number of hydrogen-bond donors (Lipinski definition) is 1. The minimum absolute atomic E-state index is 0.783. The molecule has 2 rings (SSSR count). The second-order valence-corrected chi connectivity index (χ2v) is 6.19. The first kappa shape index (κ1) is 14.0. The van der Waals surface area contributed by atoms with Gasteiger partial charge in [0.25, 0.3) is 0 Å². The third-order valence-electron chi connectivity index (χ3n) is 2.91. The van der Waals surface area contributed by atoms with E-state index in [1.165, 1.54) is 5.56 Å². The van der Waals surface area contributed by atoms with E-state index in [-0.39, 0.29) is 0 Å². The van der Waals surface area contributed by atoms with Gasteiger partial charge in [-0.05, 0) is 38.5 Å². The van der Waals surface area contributed by atoms with E-state index < -0.39 is 5.60 Å². The van der Waals surface area contributed by atoms with Crippen LogP contribution in [0.1, 0.15) is 35.0 Å². The predicted octanol–water partition coefficient (Wildman–Crippen LogP) is 3.28. The van der Waals surface area contributed by atoms with Crippen molar-refractivity contribution in [1.29, 1.82) is 0 Å². The topological polar surface area (TPSA) is 42.4 Å². The van der Waals surface area contributed by atoms with Crippen LogP contribution in [-0.2, 0) is 12.0 Å². The molecular formula is C15H19NO2S. The van der Waals surface area contributed by atoms with Crippen LogP contribution in [0.25, 0.3) is 0 Å². The number of aryl methyl sites for hydroxylation is 1. The van der Waals surface area contributed by atoms with Crippen LogP contribution in [-0.4, -0.2) is 17.2 Å². The first-order valence-electron chi connectivity index (χ1n) is 6.22. The standard InChI is InChI=1S/C15H19NO2S/c1-10-14(15(2,3)17)19-13(16-10)9-11-5-7-12(18-4)8-6-11/h5-8,17H,9H2,1-4H3. The molecule has 4 heteroatoms. The van der Waals surface area contributed by atoms with Gasteiger partial charge in [-0.15, -0.1) is 11.3 Å². The number of benzene rings is 1. The molecule has 19 heavy (non-hydrogen) atoms. The van der Waals surface area contributed by atoms with Crippen LogP contribution < -0.4 is 4.74 Å². The molecule has 0 radical (unpaired) electrons. The molecule has 1 aromatic heterocycles. The fraction of sp³-hybridized carbons (Fsp3) is 0.400. The van der Waals surface area contributed by atoms with Gasteiger partial charge in [0.1, 0.15) is 5.75 Å². The average Bonchev–Trinajstić information content (AvgIpc) is 2.71. The van der Waals surface area contributed by atoms with Crippen molar-refractivity contribution in [2.24, 2.45) is 0 Å². The highest BCUT2D eigenvalue weighted by atomic mass is 32.1. The van der Waals surface area contributed by atoms with Crippen molar-refractivity contribution in [3.05, 3.63) is 45.4 Å². The number of methoxy groups -OCH3 is 1. The van der Waals surface area contributed by atoms with E-state index in [1.54, 1.807) is 32.3 Å². The monoisotopic (exact) mass is 277 g/mol. The molecule has 1 heterocycles. The number of thiazole rings is 1. The van der Waals surface area contributed by atoms with Gasteiger partial charge in [0.2, 0.25) is 0 Å². The maximum Gasteiger partial charge on any atom is 0.118 e. The second kappa shape index (κ2) is 5.31. The smallest absolute Gasteiger partial charge is 0.118 e.